The van der Waals surface area contributed by atoms with Gasteiger partial charge in [0.05, 0.1) is 41.7 Å². The van der Waals surface area contributed by atoms with Crippen LogP contribution in [0.5, 0.6) is 0 Å². The van der Waals surface area contributed by atoms with Crippen LogP contribution in [-0.4, -0.2) is 143 Å². The Kier molecular flexibility index (Phi) is 26.4. The minimum atomic E-state index is -1.38. The molecule has 3 heterocycles. The van der Waals surface area contributed by atoms with Crippen molar-refractivity contribution in [3.8, 4) is 0 Å². The highest BCUT2D eigenvalue weighted by atomic mass is 16.7. The van der Waals surface area contributed by atoms with Gasteiger partial charge in [-0.2, -0.15) is 0 Å². The van der Waals surface area contributed by atoms with Crippen molar-refractivity contribution in [2.45, 2.75) is 208 Å². The molecule has 2 aromatic rings. The smallest absolute Gasteiger partial charge is 0.162 e. The van der Waals surface area contributed by atoms with E-state index in [0.717, 1.165) is 37.9 Å². The van der Waals surface area contributed by atoms with E-state index in [9.17, 15) is 20.1 Å². The van der Waals surface area contributed by atoms with E-state index in [1.807, 2.05) is 83.1 Å². The molecule has 6 unspecified atom stereocenters. The van der Waals surface area contributed by atoms with E-state index in [4.69, 9.17) is 28.8 Å². The highest BCUT2D eigenvalue weighted by Crippen LogP contribution is 2.40. The van der Waals surface area contributed by atoms with Gasteiger partial charge in [-0.3, -0.25) is 9.69 Å². The Morgan fingerprint density at radius 3 is 2.12 bits per heavy atom. The van der Waals surface area contributed by atoms with Gasteiger partial charge in [-0.05, 0) is 103 Å². The number of hydrogen-bond donors (Lipinski definition) is 4. The third-order valence-electron chi connectivity index (χ3n) is 13.9. The number of ether oxygens (including phenoxy) is 5. The fourth-order valence-corrected chi connectivity index (χ4v) is 10.3. The standard InChI is InChI=1S/C48H76N2O9.C3H8O.2C2H6/c1-29-23-31(3)56-40(24-29)59-46-34(6)44(58-41-26-48(10,55-12)45(53)36(8)57-41)33(5)42(51)32(4)43(52)35(7)50(27-30(2)25-47(46,9)54)22-16-21-49(11)28-38-19-15-18-37-17-13-14-20-39(37)38;1-2-3-4;2*1-2/h13-15,17-20,30-36,40-41,43-46,52-54H,1,16,21-28H2,2-12H3;4H,2-3H2,1H3;2*1-2H3/t30-,31?,32+,33?,34+,35?,36?,40?,41+,43?,44-,45+,46-,47-,48-;;;/m1.../s1. The Hall–Kier alpha value is -2.33. The van der Waals surface area contributed by atoms with Crippen LogP contribution < -0.4 is 0 Å². The van der Waals surface area contributed by atoms with Crippen LogP contribution in [0.1, 0.15) is 141 Å². The second-order valence-electron chi connectivity index (χ2n) is 19.8. The van der Waals surface area contributed by atoms with Gasteiger partial charge in [-0.25, -0.2) is 0 Å². The molecular weight excluding hydrogens is 849 g/mol. The minimum absolute atomic E-state index is 0.0116. The Labute approximate surface area is 406 Å². The van der Waals surface area contributed by atoms with Gasteiger partial charge in [0.25, 0.3) is 0 Å². The average Bonchev–Trinajstić information content (AvgIpc) is 3.30. The summed E-state index contributed by atoms with van der Waals surface area (Å²) in [6.07, 6.45) is -2.02. The molecule has 0 amide bonds. The number of hydrogen-bond acceptors (Lipinski definition) is 12. The number of fused-ring (bicyclic) bond motifs is 1. The molecular formula is C55H96N2O10. The molecule has 3 aliphatic rings. The van der Waals surface area contributed by atoms with Crippen molar-refractivity contribution in [3.05, 3.63) is 60.2 Å². The molecule has 0 aromatic heterocycles. The van der Waals surface area contributed by atoms with Gasteiger partial charge in [0.15, 0.2) is 12.6 Å². The summed E-state index contributed by atoms with van der Waals surface area (Å²) in [6.45, 7) is 34.7. The average molecular weight is 945 g/mol. The number of ketones is 1. The van der Waals surface area contributed by atoms with E-state index in [2.05, 4.69) is 72.8 Å². The van der Waals surface area contributed by atoms with Gasteiger partial charge in [-0.1, -0.05) is 117 Å². The van der Waals surface area contributed by atoms with Gasteiger partial charge in [0, 0.05) is 63.4 Å². The predicted molar refractivity (Wildman–Crippen MR) is 272 cm³/mol. The zero-order valence-electron chi connectivity index (χ0n) is 44.7. The molecule has 3 aliphatic heterocycles. The Bertz CT molecular complexity index is 1720. The first-order valence-corrected chi connectivity index (χ1v) is 25.6. The topological polar surface area (TPSA) is 151 Å². The van der Waals surface area contributed by atoms with Gasteiger partial charge in [0.1, 0.15) is 11.9 Å². The summed E-state index contributed by atoms with van der Waals surface area (Å²) in [6, 6.07) is 14.6. The molecule has 0 spiro atoms. The first-order valence-electron chi connectivity index (χ1n) is 25.6. The number of carbonyl (C=O) groups is 1. The molecule has 5 rings (SSSR count). The molecule has 0 bridgehead atoms. The van der Waals surface area contributed by atoms with Crippen LogP contribution in [0.15, 0.2) is 54.6 Å². The Balaban J connectivity index is 0.00000180. The molecule has 3 fully saturated rings. The van der Waals surface area contributed by atoms with Crippen LogP contribution in [0.3, 0.4) is 0 Å². The van der Waals surface area contributed by atoms with E-state index >= 15 is 0 Å². The quantitative estimate of drug-likeness (QED) is 0.150. The number of methoxy groups -OCH3 is 1. The van der Waals surface area contributed by atoms with Crippen molar-refractivity contribution in [1.82, 2.24) is 9.80 Å². The lowest BCUT2D eigenvalue weighted by Gasteiger charge is -2.48. The molecule has 0 aliphatic carbocycles. The number of aliphatic hydroxyl groups excluding tert-OH is 3. The Morgan fingerprint density at radius 1 is 0.881 bits per heavy atom. The van der Waals surface area contributed by atoms with E-state index in [1.54, 1.807) is 14.0 Å². The normalized spacial score (nSPS) is 35.7. The second-order valence-corrected chi connectivity index (χ2v) is 19.8. The van der Waals surface area contributed by atoms with Gasteiger partial charge in [0.2, 0.25) is 0 Å². The fraction of sp³-hybridized carbons (Fsp3) is 0.764. The van der Waals surface area contributed by atoms with Crippen molar-refractivity contribution >= 4 is 16.6 Å². The molecule has 15 atom stereocenters. The molecule has 12 heteroatoms. The first kappa shape index (κ1) is 60.8. The molecule has 0 radical (unpaired) electrons. The van der Waals surface area contributed by atoms with Crippen molar-refractivity contribution in [2.75, 3.05) is 40.4 Å². The maximum Gasteiger partial charge on any atom is 0.162 e. The molecule has 386 valence electrons. The van der Waals surface area contributed by atoms with Crippen LogP contribution in [0, 0.1) is 23.7 Å². The summed E-state index contributed by atoms with van der Waals surface area (Å²) in [5.41, 5.74) is -0.0149. The lowest BCUT2D eigenvalue weighted by molar-refractivity contribution is -0.305. The monoisotopic (exact) mass is 945 g/mol. The maximum atomic E-state index is 14.7. The largest absolute Gasteiger partial charge is 0.396 e. The van der Waals surface area contributed by atoms with Crippen LogP contribution in [0.2, 0.25) is 0 Å². The SMILES string of the molecule is C=C1CC(C)OC(O[C@@H]2[C@@H](C)[C@H](O[C@H]3C[C@@](C)(OC)[C@@H](O)C(C)O3)C(C)C(=O)[C@H](C)C(O)C(C)N(CCCN(C)Cc3cccc4ccccc34)C[C@H](C)C[C@@]2(C)O)C1.CC.CC.CCCO. The highest BCUT2D eigenvalue weighted by molar-refractivity contribution is 5.85. The summed E-state index contributed by atoms with van der Waals surface area (Å²) in [5, 5.41) is 46.1. The van der Waals surface area contributed by atoms with E-state index < -0.39 is 72.1 Å². The van der Waals surface area contributed by atoms with Crippen LogP contribution in [0.4, 0.5) is 0 Å². The van der Waals surface area contributed by atoms with E-state index in [0.29, 0.717) is 32.5 Å². The number of nitrogens with zero attached hydrogens (tertiary/aromatic N) is 2. The van der Waals surface area contributed by atoms with Crippen molar-refractivity contribution in [2.24, 2.45) is 23.7 Å². The summed E-state index contributed by atoms with van der Waals surface area (Å²) >= 11 is 0. The van der Waals surface area contributed by atoms with E-state index in [-0.39, 0.29) is 30.3 Å². The number of benzene rings is 2. The molecule has 67 heavy (non-hydrogen) atoms. The summed E-state index contributed by atoms with van der Waals surface area (Å²) in [4.78, 5) is 19.3. The van der Waals surface area contributed by atoms with Gasteiger partial charge >= 0.3 is 0 Å². The predicted octanol–water partition coefficient (Wildman–Crippen LogP) is 9.17. The highest BCUT2D eigenvalue weighted by Gasteiger charge is 2.51. The van der Waals surface area contributed by atoms with Gasteiger partial charge < -0.3 is 49.0 Å². The zero-order valence-corrected chi connectivity index (χ0v) is 44.7. The van der Waals surface area contributed by atoms with Gasteiger partial charge in [-0.15, -0.1) is 0 Å². The molecule has 4 N–H and O–H groups in total. The molecule has 0 saturated carbocycles. The third kappa shape index (κ3) is 17.2. The lowest BCUT2D eigenvalue weighted by atomic mass is 9.75. The number of Topliss-reactive ketones (excluding diaryl/α,β-unsaturated/α-hetero) is 1. The molecule has 2 aromatic carbocycles. The maximum absolute atomic E-state index is 14.7. The second kappa shape index (κ2) is 29.1. The first-order chi connectivity index (χ1) is 31.7. The van der Waals surface area contributed by atoms with Crippen LogP contribution in [0.25, 0.3) is 10.8 Å². The van der Waals surface area contributed by atoms with Crippen molar-refractivity contribution in [1.29, 1.82) is 0 Å². The van der Waals surface area contributed by atoms with Crippen LogP contribution in [-0.2, 0) is 35.0 Å². The Morgan fingerprint density at radius 2 is 1.51 bits per heavy atom. The summed E-state index contributed by atoms with van der Waals surface area (Å²) in [7, 11) is 3.70. The molecule has 3 saturated heterocycles. The van der Waals surface area contributed by atoms with Crippen molar-refractivity contribution < 1.29 is 48.9 Å². The number of carbonyl (C=O) groups excluding carboxylic acids is 1. The van der Waals surface area contributed by atoms with E-state index in [1.165, 1.54) is 16.3 Å². The number of aliphatic hydroxyl groups is 4. The summed E-state index contributed by atoms with van der Waals surface area (Å²) in [5.74, 6) is -2.13. The minimum Gasteiger partial charge on any atom is -0.396 e. The van der Waals surface area contributed by atoms with Crippen LogP contribution >= 0.6 is 0 Å². The third-order valence-corrected chi connectivity index (χ3v) is 13.9. The fourth-order valence-electron chi connectivity index (χ4n) is 10.3. The number of rotatable bonds is 12. The molecule has 12 nitrogen and oxygen atoms in total. The summed E-state index contributed by atoms with van der Waals surface area (Å²) < 4.78 is 32.0. The zero-order chi connectivity index (χ0) is 50.8. The van der Waals surface area contributed by atoms with Crippen molar-refractivity contribution in [3.63, 3.8) is 0 Å². The lowest BCUT2D eigenvalue weighted by Crippen LogP contribution is -2.58.